The van der Waals surface area contributed by atoms with E-state index in [4.69, 9.17) is 9.47 Å². The predicted octanol–water partition coefficient (Wildman–Crippen LogP) is 4.40. The number of benzene rings is 2. The number of carbonyl (C=O) groups is 3. The maximum Gasteiger partial charge on any atom is 0.416 e. The molecule has 168 valence electrons. The molecule has 0 radical (unpaired) electrons. The molecule has 3 rings (SSSR count). The summed E-state index contributed by atoms with van der Waals surface area (Å²) in [6, 6.07) is 9.45. The average Bonchev–Trinajstić information content (AvgIpc) is 3.00. The van der Waals surface area contributed by atoms with Crippen LogP contribution in [0.15, 0.2) is 47.4 Å². The van der Waals surface area contributed by atoms with Crippen LogP contribution < -0.4 is 14.8 Å². The number of hydrogen-bond acceptors (Lipinski definition) is 6. The Morgan fingerprint density at radius 1 is 1.09 bits per heavy atom. The molecule has 1 saturated heterocycles. The molecule has 1 fully saturated rings. The second kappa shape index (κ2) is 9.35. The second-order valence-corrected chi connectivity index (χ2v) is 7.46. The Kier molecular flexibility index (Phi) is 6.78. The van der Waals surface area contributed by atoms with Crippen LogP contribution in [-0.2, 0) is 15.8 Å². The molecule has 1 aliphatic rings. The molecule has 0 atom stereocenters. The number of nitrogens with zero attached hydrogens (tertiary/aromatic N) is 1. The van der Waals surface area contributed by atoms with Crippen LogP contribution in [-0.4, -0.2) is 42.7 Å². The van der Waals surface area contributed by atoms with Gasteiger partial charge < -0.3 is 14.8 Å². The fraction of sp³-hybridized carbons (Fsp3) is 0.190. The zero-order chi connectivity index (χ0) is 23.5. The van der Waals surface area contributed by atoms with Crippen molar-refractivity contribution >= 4 is 40.6 Å². The van der Waals surface area contributed by atoms with Gasteiger partial charge in [-0.25, -0.2) is 0 Å². The Morgan fingerprint density at radius 3 is 2.44 bits per heavy atom. The molecular formula is C21H17F3N2O5S. The fourth-order valence-corrected chi connectivity index (χ4v) is 3.71. The predicted molar refractivity (Wildman–Crippen MR) is 112 cm³/mol. The minimum absolute atomic E-state index is 0.00319. The molecular weight excluding hydrogens is 449 g/mol. The zero-order valence-electron chi connectivity index (χ0n) is 16.9. The van der Waals surface area contributed by atoms with Gasteiger partial charge in [-0.1, -0.05) is 18.2 Å². The van der Waals surface area contributed by atoms with Gasteiger partial charge in [0.15, 0.2) is 0 Å². The van der Waals surface area contributed by atoms with Crippen LogP contribution in [0.1, 0.15) is 11.1 Å². The van der Waals surface area contributed by atoms with Crippen molar-refractivity contribution < 1.29 is 37.0 Å². The molecule has 11 heteroatoms. The van der Waals surface area contributed by atoms with Gasteiger partial charge in [0.25, 0.3) is 11.1 Å². The van der Waals surface area contributed by atoms with E-state index in [0.717, 1.165) is 12.1 Å². The summed E-state index contributed by atoms with van der Waals surface area (Å²) < 4.78 is 49.1. The van der Waals surface area contributed by atoms with E-state index >= 15 is 0 Å². The lowest BCUT2D eigenvalue weighted by molar-refractivity contribution is -0.137. The smallest absolute Gasteiger partial charge is 0.416 e. The minimum Gasteiger partial charge on any atom is -0.496 e. The van der Waals surface area contributed by atoms with E-state index in [2.05, 4.69) is 5.32 Å². The van der Waals surface area contributed by atoms with Gasteiger partial charge in [0.05, 0.1) is 30.4 Å². The third kappa shape index (κ3) is 5.05. The monoisotopic (exact) mass is 466 g/mol. The molecule has 32 heavy (non-hydrogen) atoms. The van der Waals surface area contributed by atoms with Gasteiger partial charge in [0.1, 0.15) is 18.0 Å². The van der Waals surface area contributed by atoms with Crippen molar-refractivity contribution in [2.75, 3.05) is 26.1 Å². The Morgan fingerprint density at radius 2 is 1.78 bits per heavy atom. The number of nitrogens with one attached hydrogen (secondary N) is 1. The number of amides is 3. The first kappa shape index (κ1) is 23.2. The fourth-order valence-electron chi connectivity index (χ4n) is 2.88. The van der Waals surface area contributed by atoms with Gasteiger partial charge in [0, 0.05) is 5.56 Å². The van der Waals surface area contributed by atoms with E-state index < -0.39 is 35.3 Å². The van der Waals surface area contributed by atoms with Crippen molar-refractivity contribution in [2.24, 2.45) is 0 Å². The molecule has 7 nitrogen and oxygen atoms in total. The maximum atomic E-state index is 13.0. The molecule has 0 aromatic heterocycles. The largest absolute Gasteiger partial charge is 0.496 e. The molecule has 0 unspecified atom stereocenters. The summed E-state index contributed by atoms with van der Waals surface area (Å²) in [5.74, 6) is -1.06. The first-order valence-electron chi connectivity index (χ1n) is 9.07. The Hall–Kier alpha value is -3.47. The number of para-hydroxylation sites is 1. The summed E-state index contributed by atoms with van der Waals surface area (Å²) in [4.78, 5) is 38.1. The van der Waals surface area contributed by atoms with E-state index in [0.29, 0.717) is 34.0 Å². The van der Waals surface area contributed by atoms with Crippen molar-refractivity contribution in [3.8, 4) is 11.5 Å². The molecule has 0 spiro atoms. The van der Waals surface area contributed by atoms with Crippen LogP contribution in [0.25, 0.3) is 6.08 Å². The number of imide groups is 1. The number of halogens is 3. The first-order chi connectivity index (χ1) is 15.1. The van der Waals surface area contributed by atoms with Crippen LogP contribution in [0.3, 0.4) is 0 Å². The maximum absolute atomic E-state index is 13.0. The van der Waals surface area contributed by atoms with Crippen LogP contribution in [0.5, 0.6) is 11.5 Å². The molecule has 3 amide bonds. The summed E-state index contributed by atoms with van der Waals surface area (Å²) >= 11 is 0.647. The normalized spacial score (nSPS) is 15.3. The van der Waals surface area contributed by atoms with Crippen molar-refractivity contribution in [1.29, 1.82) is 0 Å². The standard InChI is InChI=1S/C21H17F3N2O5S/c1-30-15-6-4-3-5-12(15)9-17-19(28)26(20(29)32-17)11-18(27)25-14-10-13(21(22,23)24)7-8-16(14)31-2/h3-10H,11H2,1-2H3,(H,25,27)/b17-9-. The van der Waals surface area contributed by atoms with Crippen molar-refractivity contribution in [1.82, 2.24) is 4.90 Å². The quantitative estimate of drug-likeness (QED) is 0.636. The molecule has 2 aromatic carbocycles. The molecule has 1 heterocycles. The number of methoxy groups -OCH3 is 2. The number of rotatable bonds is 6. The highest BCUT2D eigenvalue weighted by atomic mass is 32.2. The van der Waals surface area contributed by atoms with Gasteiger partial charge in [0.2, 0.25) is 5.91 Å². The highest BCUT2D eigenvalue weighted by molar-refractivity contribution is 8.18. The molecule has 0 saturated carbocycles. The Labute approximate surface area is 185 Å². The van der Waals surface area contributed by atoms with Gasteiger partial charge in [-0.15, -0.1) is 0 Å². The molecule has 0 bridgehead atoms. The summed E-state index contributed by atoms with van der Waals surface area (Å²) in [6.45, 7) is -0.673. The van der Waals surface area contributed by atoms with Crippen LogP contribution >= 0.6 is 11.8 Å². The Balaban J connectivity index is 1.77. The number of carbonyl (C=O) groups excluding carboxylic acids is 3. The minimum atomic E-state index is -4.62. The number of anilines is 1. The molecule has 1 aliphatic heterocycles. The lowest BCUT2D eigenvalue weighted by Crippen LogP contribution is -2.36. The number of thioether (sulfide) groups is 1. The van der Waals surface area contributed by atoms with Gasteiger partial charge in [-0.05, 0) is 42.1 Å². The van der Waals surface area contributed by atoms with Crippen LogP contribution in [0.4, 0.5) is 23.7 Å². The topological polar surface area (TPSA) is 84.9 Å². The van der Waals surface area contributed by atoms with Gasteiger partial charge in [-0.2, -0.15) is 13.2 Å². The second-order valence-electron chi connectivity index (χ2n) is 6.47. The van der Waals surface area contributed by atoms with E-state index in [9.17, 15) is 27.6 Å². The number of ether oxygens (including phenoxy) is 2. The average molecular weight is 466 g/mol. The Bertz CT molecular complexity index is 1100. The SMILES string of the molecule is COc1ccccc1/C=C1\SC(=O)N(CC(=O)Nc2cc(C(F)(F)F)ccc2OC)C1=O. The van der Waals surface area contributed by atoms with E-state index in [1.54, 1.807) is 24.3 Å². The van der Waals surface area contributed by atoms with Gasteiger partial charge >= 0.3 is 6.18 Å². The summed E-state index contributed by atoms with van der Waals surface area (Å²) in [5.41, 5.74) is -0.651. The van der Waals surface area contributed by atoms with Crippen LogP contribution in [0.2, 0.25) is 0 Å². The molecule has 0 aliphatic carbocycles. The lowest BCUT2D eigenvalue weighted by atomic mass is 10.1. The highest BCUT2D eigenvalue weighted by Gasteiger charge is 2.37. The molecule has 1 N–H and O–H groups in total. The van der Waals surface area contributed by atoms with E-state index in [-0.39, 0.29) is 16.3 Å². The summed E-state index contributed by atoms with van der Waals surface area (Å²) in [5, 5.41) is 1.59. The molecule has 2 aromatic rings. The van der Waals surface area contributed by atoms with Crippen molar-refractivity contribution in [3.63, 3.8) is 0 Å². The zero-order valence-corrected chi connectivity index (χ0v) is 17.7. The third-order valence-electron chi connectivity index (χ3n) is 4.40. The summed E-state index contributed by atoms with van der Waals surface area (Å²) in [7, 11) is 2.70. The van der Waals surface area contributed by atoms with Gasteiger partial charge in [-0.3, -0.25) is 19.3 Å². The number of hydrogen-bond donors (Lipinski definition) is 1. The highest BCUT2D eigenvalue weighted by Crippen LogP contribution is 2.36. The van der Waals surface area contributed by atoms with Crippen molar-refractivity contribution in [2.45, 2.75) is 6.18 Å². The lowest BCUT2D eigenvalue weighted by Gasteiger charge is -2.16. The summed E-state index contributed by atoms with van der Waals surface area (Å²) in [6.07, 6.45) is -3.15. The number of alkyl halides is 3. The van der Waals surface area contributed by atoms with Crippen LogP contribution in [0, 0.1) is 0 Å². The third-order valence-corrected chi connectivity index (χ3v) is 5.31. The van der Waals surface area contributed by atoms with E-state index in [1.807, 2.05) is 0 Å². The first-order valence-corrected chi connectivity index (χ1v) is 9.89. The van der Waals surface area contributed by atoms with Crippen molar-refractivity contribution in [3.05, 3.63) is 58.5 Å². The van der Waals surface area contributed by atoms with E-state index in [1.165, 1.54) is 20.3 Å².